The molecular weight excluding hydrogens is 220 g/mol. The van der Waals surface area contributed by atoms with E-state index in [1.807, 2.05) is 12.1 Å². The van der Waals surface area contributed by atoms with Crippen molar-refractivity contribution in [2.45, 2.75) is 38.1 Å². The van der Waals surface area contributed by atoms with E-state index in [0.717, 1.165) is 13.0 Å². The summed E-state index contributed by atoms with van der Waals surface area (Å²) in [5.41, 5.74) is 7.64. The van der Waals surface area contributed by atoms with Crippen LogP contribution >= 0.6 is 11.6 Å². The molecule has 2 rings (SSSR count). The van der Waals surface area contributed by atoms with E-state index in [4.69, 9.17) is 17.3 Å². The lowest BCUT2D eigenvalue weighted by atomic mass is 10.0. The van der Waals surface area contributed by atoms with Gasteiger partial charge in [0.1, 0.15) is 0 Å². The Morgan fingerprint density at radius 2 is 2.19 bits per heavy atom. The van der Waals surface area contributed by atoms with E-state index in [0.29, 0.717) is 16.8 Å². The second-order valence-electron chi connectivity index (χ2n) is 4.56. The van der Waals surface area contributed by atoms with Gasteiger partial charge in [-0.05, 0) is 43.5 Å². The van der Waals surface area contributed by atoms with Gasteiger partial charge in [0, 0.05) is 6.04 Å². The molecule has 0 saturated carbocycles. The van der Waals surface area contributed by atoms with Crippen molar-refractivity contribution in [3.05, 3.63) is 28.8 Å². The number of nitrogens with two attached hydrogens (primary N) is 1. The average molecular weight is 239 g/mol. The predicted octanol–water partition coefficient (Wildman–Crippen LogP) is 3.00. The van der Waals surface area contributed by atoms with Crippen molar-refractivity contribution in [2.75, 3.05) is 12.3 Å². The Morgan fingerprint density at radius 1 is 1.31 bits per heavy atom. The first-order valence-corrected chi connectivity index (χ1v) is 6.41. The Hall–Kier alpha value is -0.730. The van der Waals surface area contributed by atoms with Crippen LogP contribution in [0, 0.1) is 0 Å². The molecule has 1 atom stereocenters. The molecule has 1 fully saturated rings. The first-order valence-electron chi connectivity index (χ1n) is 6.03. The van der Waals surface area contributed by atoms with Crippen molar-refractivity contribution in [3.63, 3.8) is 0 Å². The van der Waals surface area contributed by atoms with Crippen LogP contribution in [0.5, 0.6) is 0 Å². The van der Waals surface area contributed by atoms with Crippen LogP contribution in [0.25, 0.3) is 0 Å². The molecule has 1 aliphatic heterocycles. The van der Waals surface area contributed by atoms with E-state index in [1.54, 1.807) is 0 Å². The summed E-state index contributed by atoms with van der Waals surface area (Å²) in [5, 5.41) is 4.26. The molecule has 1 heterocycles. The molecule has 1 unspecified atom stereocenters. The number of anilines is 1. The summed E-state index contributed by atoms with van der Waals surface area (Å²) >= 11 is 6.02. The lowest BCUT2D eigenvalue weighted by molar-refractivity contribution is 0.507. The van der Waals surface area contributed by atoms with Crippen LogP contribution in [-0.4, -0.2) is 12.6 Å². The van der Waals surface area contributed by atoms with Gasteiger partial charge >= 0.3 is 0 Å². The number of nitrogen functional groups attached to an aromatic ring is 1. The standard InChI is InChI=1S/C13H19ClN2/c14-12-9-10(5-6-13(12)15)8-11-4-2-1-3-7-16-11/h5-6,9,11,16H,1-4,7-8,15H2. The largest absolute Gasteiger partial charge is 0.398 e. The molecule has 1 aromatic carbocycles. The van der Waals surface area contributed by atoms with Gasteiger partial charge in [0.25, 0.3) is 0 Å². The van der Waals surface area contributed by atoms with Gasteiger partial charge in [-0.2, -0.15) is 0 Å². The summed E-state index contributed by atoms with van der Waals surface area (Å²) in [4.78, 5) is 0. The second-order valence-corrected chi connectivity index (χ2v) is 4.97. The van der Waals surface area contributed by atoms with Crippen molar-refractivity contribution in [1.82, 2.24) is 5.32 Å². The second kappa shape index (κ2) is 5.55. The quantitative estimate of drug-likeness (QED) is 0.778. The maximum Gasteiger partial charge on any atom is 0.0638 e. The number of hydrogen-bond donors (Lipinski definition) is 2. The van der Waals surface area contributed by atoms with Gasteiger partial charge < -0.3 is 11.1 Å². The smallest absolute Gasteiger partial charge is 0.0638 e. The molecule has 0 spiro atoms. The highest BCUT2D eigenvalue weighted by Gasteiger charge is 2.12. The fourth-order valence-electron chi connectivity index (χ4n) is 2.26. The highest BCUT2D eigenvalue weighted by atomic mass is 35.5. The van der Waals surface area contributed by atoms with Crippen molar-refractivity contribution in [1.29, 1.82) is 0 Å². The Labute approximate surface area is 102 Å². The van der Waals surface area contributed by atoms with Crippen LogP contribution < -0.4 is 11.1 Å². The summed E-state index contributed by atoms with van der Waals surface area (Å²) in [6.45, 7) is 1.15. The molecule has 0 radical (unpaired) electrons. The van der Waals surface area contributed by atoms with Gasteiger partial charge in [-0.15, -0.1) is 0 Å². The molecule has 2 nitrogen and oxygen atoms in total. The predicted molar refractivity (Wildman–Crippen MR) is 69.8 cm³/mol. The third-order valence-electron chi connectivity index (χ3n) is 3.21. The van der Waals surface area contributed by atoms with Crippen LogP contribution in [0.1, 0.15) is 31.2 Å². The van der Waals surface area contributed by atoms with Gasteiger partial charge in [0.15, 0.2) is 0 Å². The SMILES string of the molecule is Nc1ccc(CC2CCCCCN2)cc1Cl. The average Bonchev–Trinajstić information content (AvgIpc) is 2.52. The van der Waals surface area contributed by atoms with Gasteiger partial charge in [-0.1, -0.05) is 30.5 Å². The molecule has 3 heteroatoms. The molecular formula is C13H19ClN2. The molecule has 1 saturated heterocycles. The Morgan fingerprint density at radius 3 is 3.00 bits per heavy atom. The topological polar surface area (TPSA) is 38.0 Å². The van der Waals surface area contributed by atoms with Crippen LogP contribution in [0.15, 0.2) is 18.2 Å². The van der Waals surface area contributed by atoms with Gasteiger partial charge in [-0.3, -0.25) is 0 Å². The summed E-state index contributed by atoms with van der Waals surface area (Å²) in [6.07, 6.45) is 6.31. The normalized spacial score (nSPS) is 21.7. The molecule has 0 amide bonds. The Bertz CT molecular complexity index is 344. The van der Waals surface area contributed by atoms with Crippen molar-refractivity contribution >= 4 is 17.3 Å². The van der Waals surface area contributed by atoms with Crippen LogP contribution in [0.4, 0.5) is 5.69 Å². The molecule has 3 N–H and O–H groups in total. The molecule has 0 bridgehead atoms. The minimum atomic E-state index is 0.599. The summed E-state index contributed by atoms with van der Waals surface area (Å²) in [6, 6.07) is 6.56. The first-order chi connectivity index (χ1) is 7.75. The van der Waals surface area contributed by atoms with Crippen molar-refractivity contribution in [2.24, 2.45) is 0 Å². The van der Waals surface area contributed by atoms with Gasteiger partial charge in [0.2, 0.25) is 0 Å². The molecule has 1 aliphatic rings. The molecule has 0 aliphatic carbocycles. The Kier molecular flexibility index (Phi) is 4.08. The van der Waals surface area contributed by atoms with Crippen LogP contribution in [0.3, 0.4) is 0 Å². The van der Waals surface area contributed by atoms with E-state index in [1.165, 1.54) is 31.2 Å². The highest BCUT2D eigenvalue weighted by molar-refractivity contribution is 6.33. The Balaban J connectivity index is 1.99. The van der Waals surface area contributed by atoms with E-state index in [2.05, 4.69) is 11.4 Å². The third kappa shape index (κ3) is 3.13. The zero-order valence-electron chi connectivity index (χ0n) is 9.51. The summed E-state index contributed by atoms with van der Waals surface area (Å²) in [5.74, 6) is 0. The fourth-order valence-corrected chi connectivity index (χ4v) is 2.46. The third-order valence-corrected chi connectivity index (χ3v) is 3.54. The minimum Gasteiger partial charge on any atom is -0.398 e. The van der Waals surface area contributed by atoms with Gasteiger partial charge in [0.05, 0.1) is 10.7 Å². The van der Waals surface area contributed by atoms with Crippen molar-refractivity contribution < 1.29 is 0 Å². The number of nitrogens with one attached hydrogen (secondary N) is 1. The number of hydrogen-bond acceptors (Lipinski definition) is 2. The lowest BCUT2D eigenvalue weighted by Crippen LogP contribution is -2.30. The molecule has 0 aromatic heterocycles. The number of benzene rings is 1. The summed E-state index contributed by atoms with van der Waals surface area (Å²) in [7, 11) is 0. The summed E-state index contributed by atoms with van der Waals surface area (Å²) < 4.78 is 0. The maximum atomic E-state index is 6.02. The van der Waals surface area contributed by atoms with E-state index < -0.39 is 0 Å². The van der Waals surface area contributed by atoms with Gasteiger partial charge in [-0.25, -0.2) is 0 Å². The number of halogens is 1. The maximum absolute atomic E-state index is 6.02. The van der Waals surface area contributed by atoms with E-state index in [9.17, 15) is 0 Å². The fraction of sp³-hybridized carbons (Fsp3) is 0.538. The van der Waals surface area contributed by atoms with E-state index in [-0.39, 0.29) is 0 Å². The van der Waals surface area contributed by atoms with Crippen LogP contribution in [0.2, 0.25) is 5.02 Å². The first kappa shape index (κ1) is 11.7. The monoisotopic (exact) mass is 238 g/mol. The zero-order valence-corrected chi connectivity index (χ0v) is 10.3. The lowest BCUT2D eigenvalue weighted by Gasteiger charge is -2.16. The molecule has 88 valence electrons. The van der Waals surface area contributed by atoms with Crippen LogP contribution in [-0.2, 0) is 6.42 Å². The highest BCUT2D eigenvalue weighted by Crippen LogP contribution is 2.21. The minimum absolute atomic E-state index is 0.599. The zero-order chi connectivity index (χ0) is 11.4. The number of rotatable bonds is 2. The molecule has 16 heavy (non-hydrogen) atoms. The van der Waals surface area contributed by atoms with E-state index >= 15 is 0 Å². The van der Waals surface area contributed by atoms with Crippen molar-refractivity contribution in [3.8, 4) is 0 Å². The molecule has 1 aromatic rings.